The van der Waals surface area contributed by atoms with Crippen LogP contribution in [0.5, 0.6) is 0 Å². The molecule has 2 aromatic heterocycles. The predicted molar refractivity (Wildman–Crippen MR) is 85.7 cm³/mol. The zero-order valence-corrected chi connectivity index (χ0v) is 13.5. The average molecular weight is 307 g/mol. The van der Waals surface area contributed by atoms with Crippen molar-refractivity contribution in [2.75, 3.05) is 23.8 Å². The number of aromatic nitrogens is 3. The van der Waals surface area contributed by atoms with Gasteiger partial charge >= 0.3 is 0 Å². The maximum atomic E-state index is 5.38. The van der Waals surface area contributed by atoms with Gasteiger partial charge < -0.3 is 15.4 Å². The Hall–Kier alpha value is -1.73. The fourth-order valence-electron chi connectivity index (χ4n) is 1.77. The summed E-state index contributed by atoms with van der Waals surface area (Å²) in [6.45, 7) is 8.59. The molecule has 0 amide bonds. The molecule has 0 fully saturated rings. The van der Waals surface area contributed by atoms with E-state index in [4.69, 9.17) is 4.74 Å². The highest BCUT2D eigenvalue weighted by atomic mass is 32.1. The minimum Gasteiger partial charge on any atom is -0.374 e. The molecule has 0 aromatic carbocycles. The first-order valence-corrected chi connectivity index (χ1v) is 7.87. The number of anilines is 2. The second-order valence-corrected chi connectivity index (χ2v) is 5.76. The minimum atomic E-state index is 0.417. The SMILES string of the molecule is CCNc1cc(NCc2ncc(C)s2)nc(COCC)n1. The van der Waals surface area contributed by atoms with Crippen LogP contribution in [0.4, 0.5) is 11.6 Å². The van der Waals surface area contributed by atoms with Gasteiger partial charge in [-0.1, -0.05) is 0 Å². The zero-order valence-electron chi connectivity index (χ0n) is 12.6. The molecular formula is C14H21N5OS. The summed E-state index contributed by atoms with van der Waals surface area (Å²) in [7, 11) is 0. The molecule has 2 rings (SSSR count). The normalized spacial score (nSPS) is 10.6. The third-order valence-corrected chi connectivity index (χ3v) is 3.57. The molecule has 2 heterocycles. The van der Waals surface area contributed by atoms with Gasteiger partial charge in [0.25, 0.3) is 0 Å². The quantitative estimate of drug-likeness (QED) is 0.781. The third kappa shape index (κ3) is 4.95. The monoisotopic (exact) mass is 307 g/mol. The molecule has 21 heavy (non-hydrogen) atoms. The first kappa shape index (κ1) is 15.7. The molecule has 2 aromatic rings. The largest absolute Gasteiger partial charge is 0.374 e. The van der Waals surface area contributed by atoms with Gasteiger partial charge in [0.15, 0.2) is 5.82 Å². The molecule has 7 heteroatoms. The van der Waals surface area contributed by atoms with E-state index in [1.165, 1.54) is 4.88 Å². The smallest absolute Gasteiger partial charge is 0.158 e. The van der Waals surface area contributed by atoms with Crippen LogP contribution >= 0.6 is 11.3 Å². The summed E-state index contributed by atoms with van der Waals surface area (Å²) in [6, 6.07) is 1.90. The first-order chi connectivity index (χ1) is 10.2. The van der Waals surface area contributed by atoms with Crippen LogP contribution < -0.4 is 10.6 Å². The number of thiazole rings is 1. The van der Waals surface area contributed by atoms with Gasteiger partial charge in [0.1, 0.15) is 23.3 Å². The molecule has 0 radical (unpaired) electrons. The number of nitrogens with one attached hydrogen (secondary N) is 2. The summed E-state index contributed by atoms with van der Waals surface area (Å²) in [5.74, 6) is 2.26. The molecular weight excluding hydrogens is 286 g/mol. The highest BCUT2D eigenvalue weighted by Crippen LogP contribution is 2.15. The van der Waals surface area contributed by atoms with Crippen LogP contribution in [0, 0.1) is 6.92 Å². The zero-order chi connectivity index (χ0) is 15.1. The minimum absolute atomic E-state index is 0.417. The highest BCUT2D eigenvalue weighted by molar-refractivity contribution is 7.11. The van der Waals surface area contributed by atoms with Crippen molar-refractivity contribution in [3.8, 4) is 0 Å². The lowest BCUT2D eigenvalue weighted by molar-refractivity contribution is 0.128. The van der Waals surface area contributed by atoms with E-state index in [2.05, 4.69) is 32.5 Å². The Bertz CT molecular complexity index is 572. The summed E-state index contributed by atoms with van der Waals surface area (Å²) in [6.07, 6.45) is 1.88. The molecule has 0 unspecified atom stereocenters. The molecule has 0 saturated heterocycles. The van der Waals surface area contributed by atoms with E-state index < -0.39 is 0 Å². The highest BCUT2D eigenvalue weighted by Gasteiger charge is 2.05. The van der Waals surface area contributed by atoms with E-state index in [9.17, 15) is 0 Å². The van der Waals surface area contributed by atoms with E-state index in [1.54, 1.807) is 11.3 Å². The molecule has 0 aliphatic rings. The van der Waals surface area contributed by atoms with Crippen LogP contribution in [0.25, 0.3) is 0 Å². The summed E-state index contributed by atoms with van der Waals surface area (Å²) in [5.41, 5.74) is 0. The molecule has 0 atom stereocenters. The molecule has 2 N–H and O–H groups in total. The predicted octanol–water partition coefficient (Wildman–Crippen LogP) is 2.82. The number of hydrogen-bond donors (Lipinski definition) is 2. The number of aryl methyl sites for hydroxylation is 1. The maximum Gasteiger partial charge on any atom is 0.158 e. The molecule has 114 valence electrons. The Balaban J connectivity index is 2.07. The molecule has 0 aliphatic heterocycles. The maximum absolute atomic E-state index is 5.38. The van der Waals surface area contributed by atoms with Crippen molar-refractivity contribution >= 4 is 23.0 Å². The van der Waals surface area contributed by atoms with Gasteiger partial charge in [0.2, 0.25) is 0 Å². The lowest BCUT2D eigenvalue weighted by Crippen LogP contribution is -2.09. The second-order valence-electron chi connectivity index (χ2n) is 4.44. The van der Waals surface area contributed by atoms with Gasteiger partial charge in [-0.2, -0.15) is 0 Å². The van der Waals surface area contributed by atoms with Crippen molar-refractivity contribution in [3.05, 3.63) is 28.0 Å². The first-order valence-electron chi connectivity index (χ1n) is 7.06. The summed E-state index contributed by atoms with van der Waals surface area (Å²) in [5, 5.41) is 7.54. The lowest BCUT2D eigenvalue weighted by Gasteiger charge is -2.10. The van der Waals surface area contributed by atoms with Crippen molar-refractivity contribution in [1.82, 2.24) is 15.0 Å². The van der Waals surface area contributed by atoms with E-state index >= 15 is 0 Å². The third-order valence-electron chi connectivity index (χ3n) is 2.66. The Morgan fingerprint density at radius 1 is 1.19 bits per heavy atom. The van der Waals surface area contributed by atoms with Crippen molar-refractivity contribution in [3.63, 3.8) is 0 Å². The molecule has 0 spiro atoms. The van der Waals surface area contributed by atoms with E-state index in [0.29, 0.717) is 25.6 Å². The van der Waals surface area contributed by atoms with Crippen molar-refractivity contribution in [2.45, 2.75) is 33.9 Å². The fourth-order valence-corrected chi connectivity index (χ4v) is 2.49. The number of hydrogen-bond acceptors (Lipinski definition) is 7. The summed E-state index contributed by atoms with van der Waals surface area (Å²) in [4.78, 5) is 14.4. The molecule has 6 nitrogen and oxygen atoms in total. The van der Waals surface area contributed by atoms with Crippen molar-refractivity contribution in [1.29, 1.82) is 0 Å². The van der Waals surface area contributed by atoms with E-state index in [-0.39, 0.29) is 0 Å². The van der Waals surface area contributed by atoms with E-state index in [0.717, 1.165) is 23.2 Å². The number of nitrogens with zero attached hydrogens (tertiary/aromatic N) is 3. The van der Waals surface area contributed by atoms with Gasteiger partial charge in [-0.25, -0.2) is 15.0 Å². The van der Waals surface area contributed by atoms with Crippen LogP contribution in [-0.2, 0) is 17.9 Å². The topological polar surface area (TPSA) is 72.0 Å². The van der Waals surface area contributed by atoms with Gasteiger partial charge in [0.05, 0.1) is 6.54 Å². The van der Waals surface area contributed by atoms with Crippen LogP contribution in [0.1, 0.15) is 29.6 Å². The average Bonchev–Trinajstić information content (AvgIpc) is 2.89. The Morgan fingerprint density at radius 3 is 2.57 bits per heavy atom. The summed E-state index contributed by atoms with van der Waals surface area (Å²) >= 11 is 1.68. The van der Waals surface area contributed by atoms with Gasteiger partial charge in [0, 0.05) is 30.3 Å². The molecule has 0 bridgehead atoms. The Kier molecular flexibility index (Phi) is 5.89. The molecule has 0 aliphatic carbocycles. The number of rotatable bonds is 8. The van der Waals surface area contributed by atoms with Crippen LogP contribution in [-0.4, -0.2) is 28.1 Å². The van der Waals surface area contributed by atoms with E-state index in [1.807, 2.05) is 26.1 Å². The Morgan fingerprint density at radius 2 is 1.95 bits per heavy atom. The van der Waals surface area contributed by atoms with Crippen LogP contribution in [0.3, 0.4) is 0 Å². The van der Waals surface area contributed by atoms with Gasteiger partial charge in [-0.3, -0.25) is 0 Å². The van der Waals surface area contributed by atoms with Gasteiger partial charge in [-0.15, -0.1) is 11.3 Å². The van der Waals surface area contributed by atoms with Gasteiger partial charge in [-0.05, 0) is 20.8 Å². The standard InChI is InChI=1S/C14H21N5OS/c1-4-15-11-6-12(19-13(18-11)9-20-5-2)16-8-14-17-7-10(3)21-14/h6-7H,4-5,8-9H2,1-3H3,(H2,15,16,18,19). The van der Waals surface area contributed by atoms with Crippen LogP contribution in [0.15, 0.2) is 12.3 Å². The van der Waals surface area contributed by atoms with Crippen LogP contribution in [0.2, 0.25) is 0 Å². The van der Waals surface area contributed by atoms with Crippen molar-refractivity contribution in [2.24, 2.45) is 0 Å². The second kappa shape index (κ2) is 7.90. The Labute approximate surface area is 129 Å². The molecule has 0 saturated carbocycles. The summed E-state index contributed by atoms with van der Waals surface area (Å²) < 4.78 is 5.38. The lowest BCUT2D eigenvalue weighted by atomic mass is 10.4. The van der Waals surface area contributed by atoms with Crippen molar-refractivity contribution < 1.29 is 4.74 Å². The number of ether oxygens (including phenoxy) is 1. The fraction of sp³-hybridized carbons (Fsp3) is 0.500.